The van der Waals surface area contributed by atoms with Crippen molar-refractivity contribution in [1.82, 2.24) is 9.57 Å². The summed E-state index contributed by atoms with van der Waals surface area (Å²) in [6, 6.07) is 18.6. The van der Waals surface area contributed by atoms with Crippen LogP contribution in [0.3, 0.4) is 0 Å². The lowest BCUT2D eigenvalue weighted by Gasteiger charge is -2.51. The Morgan fingerprint density at radius 3 is 2.14 bits per heavy atom. The minimum absolute atomic E-state index is 0.0181. The molecule has 4 rings (SSSR count). The lowest BCUT2D eigenvalue weighted by atomic mass is 10.0. The van der Waals surface area contributed by atoms with Crippen molar-refractivity contribution in [3.8, 4) is 0 Å². The molecule has 0 spiro atoms. The molecule has 0 saturated carbocycles. The summed E-state index contributed by atoms with van der Waals surface area (Å²) in [4.78, 5) is 40.0. The number of hydrogen-bond acceptors (Lipinski definition) is 8. The van der Waals surface area contributed by atoms with Gasteiger partial charge in [0.2, 0.25) is 5.91 Å². The van der Waals surface area contributed by atoms with Crippen LogP contribution in [0.15, 0.2) is 71.9 Å². The molecule has 9 nitrogen and oxygen atoms in total. The number of benzene rings is 2. The number of esters is 2. The number of hydrogen-bond donors (Lipinski definition) is 0. The Morgan fingerprint density at radius 1 is 1.08 bits per heavy atom. The van der Waals surface area contributed by atoms with Gasteiger partial charge in [0, 0.05) is 25.4 Å². The van der Waals surface area contributed by atoms with Crippen molar-refractivity contribution in [2.75, 3.05) is 33.6 Å². The first-order valence-electron chi connectivity index (χ1n) is 11.6. The smallest absolute Gasteiger partial charge is 0.356 e. The van der Waals surface area contributed by atoms with E-state index in [0.717, 1.165) is 11.1 Å². The summed E-state index contributed by atoms with van der Waals surface area (Å²) in [5.41, 5.74) is 1.05. The maximum absolute atomic E-state index is 13.8. The molecule has 196 valence electrons. The minimum Gasteiger partial charge on any atom is -0.461 e. The molecule has 1 saturated heterocycles. The number of carbonyl (C=O) groups is 3. The number of rotatable bonds is 9. The lowest BCUT2D eigenvalue weighted by Crippen LogP contribution is -2.65. The van der Waals surface area contributed by atoms with Crippen molar-refractivity contribution in [2.45, 2.75) is 24.1 Å². The van der Waals surface area contributed by atoms with Crippen molar-refractivity contribution < 1.29 is 32.9 Å². The molecule has 1 amide bonds. The molecular weight excluding hydrogens is 515 g/mol. The fourth-order valence-corrected chi connectivity index (χ4v) is 8.27. The van der Waals surface area contributed by atoms with Gasteiger partial charge in [0.1, 0.15) is 17.7 Å². The number of thioether (sulfide) groups is 1. The molecule has 2 aliphatic heterocycles. The van der Waals surface area contributed by atoms with Gasteiger partial charge < -0.3 is 14.0 Å². The zero-order valence-corrected chi connectivity index (χ0v) is 22.7. The van der Waals surface area contributed by atoms with Gasteiger partial charge in [-0.15, -0.1) is 11.8 Å². The fraction of sp³-hybridized carbons (Fsp3) is 0.346. The van der Waals surface area contributed by atoms with E-state index in [9.17, 15) is 18.9 Å². The third kappa shape index (κ3) is 5.25. The Labute approximate surface area is 220 Å². The molecule has 0 N–H and O–H groups in total. The average Bonchev–Trinajstić information content (AvgIpc) is 2.90. The molecule has 0 aromatic heterocycles. The largest absolute Gasteiger partial charge is 0.461 e. The summed E-state index contributed by atoms with van der Waals surface area (Å²) in [5, 5.41) is -0.587. The second kappa shape index (κ2) is 11.2. The van der Waals surface area contributed by atoms with Gasteiger partial charge in [-0.3, -0.25) is 19.1 Å². The van der Waals surface area contributed by atoms with Crippen molar-refractivity contribution in [2.24, 2.45) is 0 Å². The molecule has 2 aliphatic rings. The standard InChI is InChI=1S/C26H29N2O7PS/c1-17(29)34-15-20-16-37-25-23(36(32,33-4)27(2)3)24(30)28(25)21(20)26(31)35-22(18-11-7-5-8-12-18)19-13-9-6-10-14-19/h5-14,22-23,25H,15-16H2,1-4H3/t23-,25-,36?/m1/s1. The van der Waals surface area contributed by atoms with Gasteiger partial charge in [-0.05, 0) is 25.2 Å². The van der Waals surface area contributed by atoms with Crippen LogP contribution in [0.2, 0.25) is 0 Å². The molecule has 2 aromatic rings. The minimum atomic E-state index is -3.49. The summed E-state index contributed by atoms with van der Waals surface area (Å²) in [5.74, 6) is -1.45. The van der Waals surface area contributed by atoms with Crippen molar-refractivity contribution in [1.29, 1.82) is 0 Å². The predicted octanol–water partition coefficient (Wildman–Crippen LogP) is 3.82. The highest BCUT2D eigenvalue weighted by molar-refractivity contribution is 8.00. The van der Waals surface area contributed by atoms with Gasteiger partial charge in [0.15, 0.2) is 11.8 Å². The first-order valence-corrected chi connectivity index (χ1v) is 14.3. The quantitative estimate of drug-likeness (QED) is 0.265. The summed E-state index contributed by atoms with van der Waals surface area (Å²) in [6.45, 7) is 1.11. The normalized spacial score (nSPS) is 20.8. The maximum atomic E-state index is 13.8. The Bertz CT molecular complexity index is 1210. The van der Waals surface area contributed by atoms with Gasteiger partial charge in [0.25, 0.3) is 7.52 Å². The Hall–Kier alpha value is -2.91. The van der Waals surface area contributed by atoms with Gasteiger partial charge >= 0.3 is 11.9 Å². The molecular formula is C26H29N2O7PS. The van der Waals surface area contributed by atoms with Crippen molar-refractivity contribution in [3.63, 3.8) is 0 Å². The highest BCUT2D eigenvalue weighted by atomic mass is 32.2. The van der Waals surface area contributed by atoms with Crippen LogP contribution in [0.1, 0.15) is 24.2 Å². The summed E-state index contributed by atoms with van der Waals surface area (Å²) < 4.78 is 31.5. The zero-order valence-electron chi connectivity index (χ0n) is 21.0. The highest BCUT2D eigenvalue weighted by Gasteiger charge is 2.62. The van der Waals surface area contributed by atoms with Crippen LogP contribution >= 0.6 is 19.3 Å². The van der Waals surface area contributed by atoms with Crippen LogP contribution in [0.25, 0.3) is 0 Å². The Balaban J connectivity index is 1.71. The monoisotopic (exact) mass is 544 g/mol. The van der Waals surface area contributed by atoms with Crippen LogP contribution in [-0.2, 0) is 32.9 Å². The van der Waals surface area contributed by atoms with E-state index in [1.165, 1.54) is 35.4 Å². The zero-order chi connectivity index (χ0) is 26.7. The number of ether oxygens (including phenoxy) is 2. The first-order chi connectivity index (χ1) is 17.7. The highest BCUT2D eigenvalue weighted by Crippen LogP contribution is 2.62. The number of carbonyl (C=O) groups excluding carboxylic acids is 3. The molecule has 3 atom stereocenters. The number of nitrogens with zero attached hydrogens (tertiary/aromatic N) is 2. The van der Waals surface area contributed by atoms with Crippen LogP contribution in [0.5, 0.6) is 0 Å². The molecule has 2 aromatic carbocycles. The second-order valence-electron chi connectivity index (χ2n) is 8.79. The Kier molecular flexibility index (Phi) is 8.23. The topological polar surface area (TPSA) is 102 Å². The van der Waals surface area contributed by atoms with Crippen molar-refractivity contribution in [3.05, 3.63) is 83.1 Å². The number of fused-ring (bicyclic) bond motifs is 1. The van der Waals surface area contributed by atoms with Crippen LogP contribution in [-0.4, -0.2) is 72.0 Å². The number of amides is 1. The summed E-state index contributed by atoms with van der Waals surface area (Å²) >= 11 is 1.35. The van der Waals surface area contributed by atoms with Gasteiger partial charge in [-0.25, -0.2) is 9.46 Å². The molecule has 0 bridgehead atoms. The first kappa shape index (κ1) is 27.1. The molecule has 1 unspecified atom stereocenters. The Morgan fingerprint density at radius 2 is 1.65 bits per heavy atom. The molecule has 2 heterocycles. The van der Waals surface area contributed by atoms with E-state index in [-0.39, 0.29) is 12.3 Å². The van der Waals surface area contributed by atoms with Crippen LogP contribution in [0.4, 0.5) is 0 Å². The molecule has 1 fully saturated rings. The third-order valence-corrected chi connectivity index (χ3v) is 10.6. The van der Waals surface area contributed by atoms with E-state index in [2.05, 4.69) is 0 Å². The fourth-order valence-electron chi connectivity index (χ4n) is 4.39. The van der Waals surface area contributed by atoms with Gasteiger partial charge in [-0.1, -0.05) is 60.7 Å². The average molecular weight is 545 g/mol. The van der Waals surface area contributed by atoms with Crippen LogP contribution in [0, 0.1) is 0 Å². The summed E-state index contributed by atoms with van der Waals surface area (Å²) in [7, 11) is 1.00. The van der Waals surface area contributed by atoms with E-state index in [0.29, 0.717) is 11.3 Å². The molecule has 37 heavy (non-hydrogen) atoms. The molecule has 11 heteroatoms. The van der Waals surface area contributed by atoms with E-state index in [4.69, 9.17) is 14.0 Å². The maximum Gasteiger partial charge on any atom is 0.356 e. The second-order valence-corrected chi connectivity index (χ2v) is 12.7. The number of β-lactam (4-membered cyclic amide) rings is 1. The predicted molar refractivity (Wildman–Crippen MR) is 140 cm³/mol. The lowest BCUT2D eigenvalue weighted by molar-refractivity contribution is -0.152. The molecule has 0 radical (unpaired) electrons. The van der Waals surface area contributed by atoms with E-state index >= 15 is 0 Å². The van der Waals surface area contributed by atoms with E-state index < -0.39 is 42.5 Å². The SMILES string of the molecule is COP(=O)([C@@H]1C(=O)N2C(C(=O)OC(c3ccccc3)c3ccccc3)=C(COC(C)=O)CS[C@H]12)N(C)C. The van der Waals surface area contributed by atoms with Crippen LogP contribution < -0.4 is 0 Å². The van der Waals surface area contributed by atoms with Gasteiger partial charge in [-0.2, -0.15) is 0 Å². The van der Waals surface area contributed by atoms with Crippen molar-refractivity contribution >= 4 is 37.1 Å². The van der Waals surface area contributed by atoms with E-state index in [1.54, 1.807) is 14.1 Å². The van der Waals surface area contributed by atoms with E-state index in [1.807, 2.05) is 60.7 Å². The molecule has 0 aliphatic carbocycles. The van der Waals surface area contributed by atoms with Gasteiger partial charge in [0.05, 0.1) is 0 Å². The third-order valence-electron chi connectivity index (χ3n) is 6.26. The summed E-state index contributed by atoms with van der Waals surface area (Å²) in [6.07, 6.45) is -0.732.